The summed E-state index contributed by atoms with van der Waals surface area (Å²) in [7, 11) is 3.65. The highest BCUT2D eigenvalue weighted by Crippen LogP contribution is 2.36. The zero-order valence-corrected chi connectivity index (χ0v) is 12.0. The number of ether oxygens (including phenoxy) is 1. The largest absolute Gasteiger partial charge is 0.496 e. The Morgan fingerprint density at radius 3 is 2.53 bits per heavy atom. The van der Waals surface area contributed by atoms with Crippen LogP contribution in [0.1, 0.15) is 11.1 Å². The molecule has 0 bridgehead atoms. The number of nitrogens with zero attached hydrogens (tertiary/aromatic N) is 2. The average Bonchev–Trinajstić information content (AvgIpc) is 2.59. The summed E-state index contributed by atoms with van der Waals surface area (Å²) < 4.78 is 8.38. The molecular weight excluding hydrogens is 280 g/mol. The quantitative estimate of drug-likeness (QED) is 0.848. The highest BCUT2D eigenvalue weighted by Gasteiger charge is 2.15. The standard InChI is InChI=1S/C13H15BrN2O/c1-8-5-9(2)12(17-4)10(6-8)11-13(14)16(3)7-15-11/h5-7H,1-4H3. The van der Waals surface area contributed by atoms with Crippen LogP contribution in [0.15, 0.2) is 23.1 Å². The summed E-state index contributed by atoms with van der Waals surface area (Å²) in [6, 6.07) is 4.21. The van der Waals surface area contributed by atoms with Crippen LogP contribution >= 0.6 is 15.9 Å². The van der Waals surface area contributed by atoms with Gasteiger partial charge in [-0.3, -0.25) is 0 Å². The van der Waals surface area contributed by atoms with Crippen LogP contribution < -0.4 is 4.74 Å². The molecule has 0 aliphatic rings. The van der Waals surface area contributed by atoms with Gasteiger partial charge in [-0.1, -0.05) is 6.07 Å². The van der Waals surface area contributed by atoms with E-state index in [2.05, 4.69) is 40.0 Å². The molecule has 0 unspecified atom stereocenters. The Bertz CT molecular complexity index is 561. The number of aryl methyl sites for hydroxylation is 3. The molecule has 2 rings (SSSR count). The predicted octanol–water partition coefficient (Wildman–Crippen LogP) is 3.48. The van der Waals surface area contributed by atoms with Gasteiger partial charge < -0.3 is 9.30 Å². The minimum absolute atomic E-state index is 0.884. The van der Waals surface area contributed by atoms with E-state index in [9.17, 15) is 0 Å². The summed E-state index contributed by atoms with van der Waals surface area (Å²) in [5.41, 5.74) is 4.27. The number of halogens is 1. The molecule has 0 radical (unpaired) electrons. The van der Waals surface area contributed by atoms with Gasteiger partial charge in [-0.2, -0.15) is 0 Å². The van der Waals surface area contributed by atoms with E-state index in [-0.39, 0.29) is 0 Å². The van der Waals surface area contributed by atoms with Crippen LogP contribution in [0.3, 0.4) is 0 Å². The van der Waals surface area contributed by atoms with Crippen molar-refractivity contribution in [2.45, 2.75) is 13.8 Å². The van der Waals surface area contributed by atoms with E-state index in [0.29, 0.717) is 0 Å². The van der Waals surface area contributed by atoms with Crippen molar-refractivity contribution in [2.24, 2.45) is 7.05 Å². The van der Waals surface area contributed by atoms with E-state index >= 15 is 0 Å². The van der Waals surface area contributed by atoms with Crippen LogP contribution in [0.5, 0.6) is 5.75 Å². The maximum absolute atomic E-state index is 5.48. The molecule has 0 spiro atoms. The lowest BCUT2D eigenvalue weighted by Gasteiger charge is -2.11. The lowest BCUT2D eigenvalue weighted by molar-refractivity contribution is 0.413. The molecule has 3 nitrogen and oxygen atoms in total. The Balaban J connectivity index is 2.70. The predicted molar refractivity (Wildman–Crippen MR) is 72.4 cm³/mol. The first-order valence-corrected chi connectivity index (χ1v) is 6.16. The van der Waals surface area contributed by atoms with Gasteiger partial charge in [0.05, 0.1) is 13.4 Å². The first kappa shape index (κ1) is 12.2. The smallest absolute Gasteiger partial charge is 0.131 e. The monoisotopic (exact) mass is 294 g/mol. The van der Waals surface area contributed by atoms with E-state index in [0.717, 1.165) is 27.2 Å². The van der Waals surface area contributed by atoms with E-state index in [4.69, 9.17) is 4.74 Å². The van der Waals surface area contributed by atoms with Gasteiger partial charge in [0.2, 0.25) is 0 Å². The van der Waals surface area contributed by atoms with Crippen molar-refractivity contribution in [3.05, 3.63) is 34.2 Å². The molecule has 0 aliphatic carbocycles. The van der Waals surface area contributed by atoms with Crippen LogP contribution in [0.25, 0.3) is 11.3 Å². The molecule has 0 N–H and O–H groups in total. The zero-order valence-electron chi connectivity index (χ0n) is 10.4. The van der Waals surface area contributed by atoms with Gasteiger partial charge in [0.25, 0.3) is 0 Å². The summed E-state index contributed by atoms with van der Waals surface area (Å²) in [5.74, 6) is 0.884. The van der Waals surface area contributed by atoms with Crippen LogP contribution in [-0.4, -0.2) is 16.7 Å². The second kappa shape index (κ2) is 4.53. The minimum atomic E-state index is 0.884. The first-order chi connectivity index (χ1) is 8.04. The van der Waals surface area contributed by atoms with Gasteiger partial charge >= 0.3 is 0 Å². The Kier molecular flexibility index (Phi) is 3.24. The summed E-state index contributed by atoms with van der Waals surface area (Å²) in [5, 5.41) is 0. The zero-order chi connectivity index (χ0) is 12.6. The number of hydrogen-bond acceptors (Lipinski definition) is 2. The highest BCUT2D eigenvalue weighted by atomic mass is 79.9. The summed E-state index contributed by atoms with van der Waals surface area (Å²) in [6.07, 6.45) is 1.79. The van der Waals surface area contributed by atoms with Crippen molar-refractivity contribution < 1.29 is 4.74 Å². The fourth-order valence-corrected chi connectivity index (χ4v) is 2.40. The Morgan fingerprint density at radius 1 is 1.29 bits per heavy atom. The van der Waals surface area contributed by atoms with Gasteiger partial charge in [0.15, 0.2) is 0 Å². The Hall–Kier alpha value is -1.29. The lowest BCUT2D eigenvalue weighted by Crippen LogP contribution is -1.94. The molecule has 1 aromatic heterocycles. The molecule has 17 heavy (non-hydrogen) atoms. The Labute approximate surface area is 110 Å². The van der Waals surface area contributed by atoms with Crippen molar-refractivity contribution in [3.8, 4) is 17.0 Å². The molecule has 1 aromatic carbocycles. The van der Waals surface area contributed by atoms with Crippen molar-refractivity contribution in [3.63, 3.8) is 0 Å². The topological polar surface area (TPSA) is 27.1 Å². The first-order valence-electron chi connectivity index (χ1n) is 5.37. The summed E-state index contributed by atoms with van der Waals surface area (Å²) in [6.45, 7) is 4.12. The lowest BCUT2D eigenvalue weighted by atomic mass is 10.0. The van der Waals surface area contributed by atoms with E-state index < -0.39 is 0 Å². The van der Waals surface area contributed by atoms with Crippen LogP contribution in [-0.2, 0) is 7.05 Å². The molecule has 0 saturated carbocycles. The molecule has 0 aliphatic heterocycles. The van der Waals surface area contributed by atoms with Crippen LogP contribution in [0.2, 0.25) is 0 Å². The van der Waals surface area contributed by atoms with Crippen molar-refractivity contribution >= 4 is 15.9 Å². The van der Waals surface area contributed by atoms with Crippen molar-refractivity contribution in [2.75, 3.05) is 7.11 Å². The van der Waals surface area contributed by atoms with Gasteiger partial charge in [-0.15, -0.1) is 0 Å². The molecule has 4 heteroatoms. The molecule has 0 fully saturated rings. The molecule has 2 aromatic rings. The number of aromatic nitrogens is 2. The normalized spacial score (nSPS) is 10.6. The Morgan fingerprint density at radius 2 is 2.00 bits per heavy atom. The highest BCUT2D eigenvalue weighted by molar-refractivity contribution is 9.10. The van der Waals surface area contributed by atoms with E-state index in [1.165, 1.54) is 5.56 Å². The van der Waals surface area contributed by atoms with Gasteiger partial charge in [-0.05, 0) is 47.0 Å². The van der Waals surface area contributed by atoms with Crippen LogP contribution in [0.4, 0.5) is 0 Å². The molecule has 1 heterocycles. The van der Waals surface area contributed by atoms with Crippen molar-refractivity contribution in [1.82, 2.24) is 9.55 Å². The number of methoxy groups -OCH3 is 1. The average molecular weight is 295 g/mol. The van der Waals surface area contributed by atoms with E-state index in [1.807, 2.05) is 18.5 Å². The summed E-state index contributed by atoms with van der Waals surface area (Å²) >= 11 is 3.54. The minimum Gasteiger partial charge on any atom is -0.496 e. The molecule has 90 valence electrons. The van der Waals surface area contributed by atoms with Gasteiger partial charge in [0, 0.05) is 12.6 Å². The third-order valence-corrected chi connectivity index (χ3v) is 3.68. The fraction of sp³-hybridized carbons (Fsp3) is 0.308. The maximum Gasteiger partial charge on any atom is 0.131 e. The second-order valence-electron chi connectivity index (χ2n) is 4.16. The molecule has 0 atom stereocenters. The van der Waals surface area contributed by atoms with Crippen LogP contribution in [0, 0.1) is 13.8 Å². The number of imidazole rings is 1. The fourth-order valence-electron chi connectivity index (χ4n) is 2.00. The molecule has 0 saturated heterocycles. The molecular formula is C13H15BrN2O. The SMILES string of the molecule is COc1c(C)cc(C)cc1-c1ncn(C)c1Br. The maximum atomic E-state index is 5.48. The third kappa shape index (κ3) is 2.09. The number of rotatable bonds is 2. The number of benzene rings is 1. The van der Waals surface area contributed by atoms with E-state index in [1.54, 1.807) is 13.4 Å². The third-order valence-electron chi connectivity index (χ3n) is 2.74. The summed E-state index contributed by atoms with van der Waals surface area (Å²) in [4.78, 5) is 4.41. The molecule has 0 amide bonds. The van der Waals surface area contributed by atoms with Gasteiger partial charge in [0.1, 0.15) is 16.0 Å². The van der Waals surface area contributed by atoms with Crippen molar-refractivity contribution in [1.29, 1.82) is 0 Å². The number of hydrogen-bond donors (Lipinski definition) is 0. The van der Waals surface area contributed by atoms with Gasteiger partial charge in [-0.25, -0.2) is 4.98 Å². The second-order valence-corrected chi connectivity index (χ2v) is 4.91.